The summed E-state index contributed by atoms with van der Waals surface area (Å²) in [6.45, 7) is 0. The van der Waals surface area contributed by atoms with Gasteiger partial charge in [-0.1, -0.05) is 0 Å². The summed E-state index contributed by atoms with van der Waals surface area (Å²) >= 11 is 0. The van der Waals surface area contributed by atoms with Crippen LogP contribution in [0.2, 0.25) is 0 Å². The van der Waals surface area contributed by atoms with Gasteiger partial charge in [-0.3, -0.25) is 9.97 Å². The fraction of sp³-hybridized carbons (Fsp3) is 0. The Kier molecular flexibility index (Phi) is 2.27. The molecule has 4 nitrogen and oxygen atoms in total. The lowest BCUT2D eigenvalue weighted by atomic mass is 10.3. The maximum Gasteiger partial charge on any atom is 0.149 e. The molecular weight excluding hydrogens is 178 g/mol. The maximum absolute atomic E-state index is 5.77. The number of furan rings is 1. The van der Waals surface area contributed by atoms with Crippen LogP contribution in [0.3, 0.4) is 0 Å². The molecule has 0 aliphatic carbocycles. The first-order valence-corrected chi connectivity index (χ1v) is 4.13. The molecule has 0 spiro atoms. The van der Waals surface area contributed by atoms with Crippen LogP contribution >= 0.6 is 0 Å². The van der Waals surface area contributed by atoms with Crippen molar-refractivity contribution < 1.29 is 4.42 Å². The van der Waals surface area contributed by atoms with Crippen LogP contribution in [-0.2, 0) is 0 Å². The van der Waals surface area contributed by atoms with E-state index in [2.05, 4.69) is 9.97 Å². The van der Waals surface area contributed by atoms with Crippen LogP contribution < -0.4 is 5.73 Å². The Labute approximate surface area is 81.1 Å². The number of aromatic nitrogens is 2. The van der Waals surface area contributed by atoms with Gasteiger partial charge in [0, 0.05) is 12.4 Å². The Morgan fingerprint density at radius 2 is 2.36 bits per heavy atom. The van der Waals surface area contributed by atoms with Crippen LogP contribution in [0, 0.1) is 0 Å². The van der Waals surface area contributed by atoms with Crippen LogP contribution in [0.15, 0.2) is 41.4 Å². The molecule has 0 saturated heterocycles. The second-order valence-corrected chi connectivity index (χ2v) is 2.71. The highest BCUT2D eigenvalue weighted by Gasteiger charge is 1.99. The summed E-state index contributed by atoms with van der Waals surface area (Å²) in [4.78, 5) is 7.99. The third kappa shape index (κ3) is 1.80. The lowest BCUT2D eigenvalue weighted by Crippen LogP contribution is -1.94. The highest BCUT2D eigenvalue weighted by molar-refractivity contribution is 5.75. The van der Waals surface area contributed by atoms with E-state index in [0.29, 0.717) is 17.2 Å². The number of hydrogen-bond acceptors (Lipinski definition) is 4. The molecule has 70 valence electrons. The molecule has 0 radical (unpaired) electrons. The largest absolute Gasteiger partial charge is 0.463 e. The zero-order valence-corrected chi connectivity index (χ0v) is 7.42. The van der Waals surface area contributed by atoms with Crippen molar-refractivity contribution >= 4 is 11.8 Å². The Morgan fingerprint density at radius 3 is 3.00 bits per heavy atom. The van der Waals surface area contributed by atoms with E-state index in [9.17, 15) is 0 Å². The predicted octanol–water partition coefficient (Wildman–Crippen LogP) is 1.53. The van der Waals surface area contributed by atoms with Crippen molar-refractivity contribution in [3.05, 3.63) is 48.4 Å². The van der Waals surface area contributed by atoms with Gasteiger partial charge in [-0.15, -0.1) is 0 Å². The second-order valence-electron chi connectivity index (χ2n) is 2.71. The summed E-state index contributed by atoms with van der Waals surface area (Å²) < 4.78 is 5.13. The van der Waals surface area contributed by atoms with Gasteiger partial charge in [0.25, 0.3) is 0 Å². The van der Waals surface area contributed by atoms with Gasteiger partial charge < -0.3 is 10.2 Å². The van der Waals surface area contributed by atoms with Crippen molar-refractivity contribution in [1.82, 2.24) is 9.97 Å². The molecule has 0 amide bonds. The molecule has 2 aromatic heterocycles. The van der Waals surface area contributed by atoms with E-state index in [1.165, 1.54) is 0 Å². The monoisotopic (exact) mass is 187 g/mol. The van der Waals surface area contributed by atoms with Gasteiger partial charge in [-0.2, -0.15) is 0 Å². The van der Waals surface area contributed by atoms with Crippen molar-refractivity contribution in [3.8, 4) is 0 Å². The Bertz CT molecular complexity index is 420. The van der Waals surface area contributed by atoms with E-state index < -0.39 is 0 Å². The van der Waals surface area contributed by atoms with Crippen LogP contribution in [-0.4, -0.2) is 9.97 Å². The highest BCUT2D eigenvalue weighted by Crippen LogP contribution is 2.11. The van der Waals surface area contributed by atoms with Gasteiger partial charge in [0.05, 0.1) is 23.9 Å². The van der Waals surface area contributed by atoms with Crippen LogP contribution in [0.5, 0.6) is 0 Å². The first kappa shape index (κ1) is 8.50. The Hall–Kier alpha value is -2.10. The number of nitrogens with zero attached hydrogens (tertiary/aromatic N) is 2. The van der Waals surface area contributed by atoms with Crippen LogP contribution in [0.4, 0.5) is 0 Å². The van der Waals surface area contributed by atoms with Crippen LogP contribution in [0.25, 0.3) is 11.8 Å². The molecule has 4 heteroatoms. The van der Waals surface area contributed by atoms with Crippen LogP contribution in [0.1, 0.15) is 11.5 Å². The first-order valence-electron chi connectivity index (χ1n) is 4.13. The second kappa shape index (κ2) is 3.74. The van der Waals surface area contributed by atoms with Crippen molar-refractivity contribution in [2.24, 2.45) is 5.73 Å². The van der Waals surface area contributed by atoms with Gasteiger partial charge in [-0.25, -0.2) is 0 Å². The first-order chi connectivity index (χ1) is 6.86. The molecule has 0 fully saturated rings. The summed E-state index contributed by atoms with van der Waals surface area (Å²) in [6, 6.07) is 3.58. The molecule has 0 unspecified atom stereocenters. The summed E-state index contributed by atoms with van der Waals surface area (Å²) in [7, 11) is 0. The number of hydrogen-bond donors (Lipinski definition) is 1. The SMILES string of the molecule is NC(=Cc1cnccn1)c1ccco1. The van der Waals surface area contributed by atoms with Gasteiger partial charge in [0.2, 0.25) is 0 Å². The molecule has 2 N–H and O–H groups in total. The van der Waals surface area contributed by atoms with Crippen molar-refractivity contribution in [2.75, 3.05) is 0 Å². The van der Waals surface area contributed by atoms with Crippen molar-refractivity contribution in [2.45, 2.75) is 0 Å². The fourth-order valence-electron chi connectivity index (χ4n) is 1.06. The van der Waals surface area contributed by atoms with E-state index in [4.69, 9.17) is 10.2 Å². The average molecular weight is 187 g/mol. The molecule has 2 heterocycles. The molecular formula is C10H9N3O. The average Bonchev–Trinajstić information content (AvgIpc) is 2.72. The third-order valence-electron chi connectivity index (χ3n) is 1.69. The van der Waals surface area contributed by atoms with Gasteiger partial charge >= 0.3 is 0 Å². The van der Waals surface area contributed by atoms with E-state index in [1.54, 1.807) is 43.1 Å². The minimum atomic E-state index is 0.538. The van der Waals surface area contributed by atoms with Crippen molar-refractivity contribution in [1.29, 1.82) is 0 Å². The molecule has 0 atom stereocenters. The van der Waals surface area contributed by atoms with Gasteiger partial charge in [-0.05, 0) is 18.2 Å². The lowest BCUT2D eigenvalue weighted by Gasteiger charge is -1.95. The predicted molar refractivity (Wildman–Crippen MR) is 52.8 cm³/mol. The summed E-state index contributed by atoms with van der Waals surface area (Å²) in [6.07, 6.45) is 8.15. The van der Waals surface area contributed by atoms with Gasteiger partial charge in [0.1, 0.15) is 5.76 Å². The normalized spacial score (nSPS) is 11.6. The van der Waals surface area contributed by atoms with E-state index in [0.717, 1.165) is 0 Å². The standard InChI is InChI=1S/C10H9N3O/c11-9(10-2-1-5-14-10)6-8-7-12-3-4-13-8/h1-7H,11H2. The van der Waals surface area contributed by atoms with E-state index in [1.807, 2.05) is 0 Å². The van der Waals surface area contributed by atoms with Crippen molar-refractivity contribution in [3.63, 3.8) is 0 Å². The van der Waals surface area contributed by atoms with Gasteiger partial charge in [0.15, 0.2) is 0 Å². The molecule has 0 aliphatic heterocycles. The third-order valence-corrected chi connectivity index (χ3v) is 1.69. The zero-order chi connectivity index (χ0) is 9.80. The minimum absolute atomic E-state index is 0.538. The molecule has 0 saturated carbocycles. The quantitative estimate of drug-likeness (QED) is 0.774. The molecule has 2 rings (SSSR count). The van der Waals surface area contributed by atoms with E-state index >= 15 is 0 Å². The van der Waals surface area contributed by atoms with E-state index in [-0.39, 0.29) is 0 Å². The smallest absolute Gasteiger partial charge is 0.149 e. The maximum atomic E-state index is 5.77. The molecule has 0 aliphatic rings. The highest BCUT2D eigenvalue weighted by atomic mass is 16.3. The molecule has 14 heavy (non-hydrogen) atoms. The molecule has 0 aromatic carbocycles. The minimum Gasteiger partial charge on any atom is -0.463 e. The zero-order valence-electron chi connectivity index (χ0n) is 7.42. The lowest BCUT2D eigenvalue weighted by molar-refractivity contribution is 0.552. The topological polar surface area (TPSA) is 64.9 Å². The molecule has 0 bridgehead atoms. The summed E-state index contributed by atoms with van der Waals surface area (Å²) in [5.74, 6) is 0.635. The number of nitrogens with two attached hydrogens (primary N) is 1. The molecule has 2 aromatic rings. The Balaban J connectivity index is 2.28. The summed E-state index contributed by atoms with van der Waals surface area (Å²) in [5, 5.41) is 0. The fourth-order valence-corrected chi connectivity index (χ4v) is 1.06. The Morgan fingerprint density at radius 1 is 1.43 bits per heavy atom. The number of rotatable bonds is 2. The summed E-state index contributed by atoms with van der Waals surface area (Å²) in [5.41, 5.74) is 7.02.